The Labute approximate surface area is 204 Å². The van der Waals surface area contributed by atoms with Gasteiger partial charge in [0.1, 0.15) is 5.60 Å². The molecule has 4 amide bonds. The zero-order valence-electron chi connectivity index (χ0n) is 19.9. The summed E-state index contributed by atoms with van der Waals surface area (Å²) in [5.74, 6) is -0.306. The van der Waals surface area contributed by atoms with Gasteiger partial charge in [0.2, 0.25) is 5.91 Å². The van der Waals surface area contributed by atoms with Crippen LogP contribution in [0.3, 0.4) is 0 Å². The Morgan fingerprint density at radius 2 is 1.91 bits per heavy atom. The summed E-state index contributed by atoms with van der Waals surface area (Å²) in [7, 11) is 0. The van der Waals surface area contributed by atoms with Crippen LogP contribution in [0.25, 0.3) is 6.08 Å². The Bertz CT molecular complexity index is 972. The minimum Gasteiger partial charge on any atom is -0.444 e. The summed E-state index contributed by atoms with van der Waals surface area (Å²) in [6.07, 6.45) is 3.00. The molecule has 0 radical (unpaired) electrons. The number of thioether (sulfide) groups is 1. The molecule has 0 aromatic heterocycles. The largest absolute Gasteiger partial charge is 0.444 e. The third-order valence-electron chi connectivity index (χ3n) is 5.29. The van der Waals surface area contributed by atoms with Gasteiger partial charge in [-0.25, -0.2) is 4.79 Å². The predicted molar refractivity (Wildman–Crippen MR) is 132 cm³/mol. The molecule has 0 aliphatic carbocycles. The van der Waals surface area contributed by atoms with E-state index < -0.39 is 11.7 Å². The van der Waals surface area contributed by atoms with Crippen molar-refractivity contribution in [3.63, 3.8) is 0 Å². The van der Waals surface area contributed by atoms with Gasteiger partial charge >= 0.3 is 6.09 Å². The van der Waals surface area contributed by atoms with E-state index in [4.69, 9.17) is 4.74 Å². The van der Waals surface area contributed by atoms with Crippen molar-refractivity contribution in [2.24, 2.45) is 0 Å². The molecular weight excluding hydrogens is 456 g/mol. The van der Waals surface area contributed by atoms with Crippen LogP contribution in [0.15, 0.2) is 29.2 Å². The van der Waals surface area contributed by atoms with Crippen LogP contribution in [-0.2, 0) is 14.3 Å². The molecule has 1 aromatic rings. The van der Waals surface area contributed by atoms with E-state index in [1.54, 1.807) is 26.8 Å². The van der Waals surface area contributed by atoms with Crippen LogP contribution in [0.4, 0.5) is 15.3 Å². The molecule has 9 nitrogen and oxygen atoms in total. The second-order valence-electron chi connectivity index (χ2n) is 9.16. The van der Waals surface area contributed by atoms with Gasteiger partial charge in [-0.05, 0) is 63.1 Å². The van der Waals surface area contributed by atoms with Gasteiger partial charge in [0, 0.05) is 44.8 Å². The summed E-state index contributed by atoms with van der Waals surface area (Å²) in [5.41, 5.74) is 1.29. The highest BCUT2D eigenvalue weighted by atomic mass is 32.2. The molecule has 0 unspecified atom stereocenters. The van der Waals surface area contributed by atoms with E-state index in [0.717, 1.165) is 36.0 Å². The Morgan fingerprint density at radius 3 is 2.62 bits per heavy atom. The van der Waals surface area contributed by atoms with E-state index >= 15 is 0 Å². The number of benzene rings is 1. The van der Waals surface area contributed by atoms with Crippen molar-refractivity contribution in [2.45, 2.75) is 45.6 Å². The molecule has 0 saturated carbocycles. The van der Waals surface area contributed by atoms with Crippen LogP contribution < -0.4 is 15.5 Å². The van der Waals surface area contributed by atoms with E-state index in [1.807, 2.05) is 29.2 Å². The number of para-hydroxylation sites is 1. The quantitative estimate of drug-likeness (QED) is 0.467. The van der Waals surface area contributed by atoms with Crippen LogP contribution in [0.2, 0.25) is 0 Å². The zero-order chi connectivity index (χ0) is 24.7. The maximum absolute atomic E-state index is 12.7. The van der Waals surface area contributed by atoms with Crippen LogP contribution in [-0.4, -0.2) is 66.4 Å². The van der Waals surface area contributed by atoms with Crippen molar-refractivity contribution < 1.29 is 23.9 Å². The number of anilines is 1. The van der Waals surface area contributed by atoms with Gasteiger partial charge in [0.25, 0.3) is 11.1 Å². The molecule has 10 heteroatoms. The molecule has 0 atom stereocenters. The SMILES string of the molecule is CC(C)(C)OC(=O)NCCCC(=O)N1CCCN(c2ccccc2/C=C2\SC(=O)NC2=O)CC1. The highest BCUT2D eigenvalue weighted by Gasteiger charge is 2.26. The number of amides is 4. The van der Waals surface area contributed by atoms with E-state index in [0.29, 0.717) is 43.9 Å². The first-order valence-corrected chi connectivity index (χ1v) is 12.3. The fourth-order valence-electron chi connectivity index (χ4n) is 3.77. The lowest BCUT2D eigenvalue weighted by molar-refractivity contribution is -0.131. The highest BCUT2D eigenvalue weighted by Crippen LogP contribution is 2.30. The Balaban J connectivity index is 1.52. The normalized spacial score (nSPS) is 18.0. The van der Waals surface area contributed by atoms with Gasteiger partial charge in [0.15, 0.2) is 0 Å². The molecule has 2 saturated heterocycles. The number of carbonyl (C=O) groups is 4. The van der Waals surface area contributed by atoms with Crippen LogP contribution in [0, 0.1) is 0 Å². The number of carbonyl (C=O) groups excluding carboxylic acids is 4. The lowest BCUT2D eigenvalue weighted by Gasteiger charge is -2.25. The number of nitrogens with one attached hydrogen (secondary N) is 2. The third-order valence-corrected chi connectivity index (χ3v) is 6.10. The summed E-state index contributed by atoms with van der Waals surface area (Å²) < 4.78 is 5.20. The average Bonchev–Trinajstić information content (AvgIpc) is 2.94. The second-order valence-corrected chi connectivity index (χ2v) is 10.2. The second kappa shape index (κ2) is 11.4. The van der Waals surface area contributed by atoms with Gasteiger partial charge in [-0.1, -0.05) is 18.2 Å². The van der Waals surface area contributed by atoms with Crippen molar-refractivity contribution in [2.75, 3.05) is 37.6 Å². The van der Waals surface area contributed by atoms with Crippen molar-refractivity contribution in [3.8, 4) is 0 Å². The van der Waals surface area contributed by atoms with Crippen LogP contribution in [0.5, 0.6) is 0 Å². The van der Waals surface area contributed by atoms with Crippen molar-refractivity contribution in [1.82, 2.24) is 15.5 Å². The lowest BCUT2D eigenvalue weighted by Crippen LogP contribution is -2.36. The summed E-state index contributed by atoms with van der Waals surface area (Å²) >= 11 is 0.902. The van der Waals surface area contributed by atoms with Crippen LogP contribution in [0.1, 0.15) is 45.6 Å². The van der Waals surface area contributed by atoms with Gasteiger partial charge in [-0.15, -0.1) is 0 Å². The average molecular weight is 489 g/mol. The fraction of sp³-hybridized carbons (Fsp3) is 0.500. The first-order chi connectivity index (χ1) is 16.1. The maximum atomic E-state index is 12.7. The molecular formula is C24H32N4O5S. The summed E-state index contributed by atoms with van der Waals surface area (Å²) in [6.45, 7) is 8.51. The van der Waals surface area contributed by atoms with E-state index in [9.17, 15) is 19.2 Å². The highest BCUT2D eigenvalue weighted by molar-refractivity contribution is 8.18. The number of hydrogen-bond acceptors (Lipinski definition) is 7. The molecule has 2 aliphatic heterocycles. The summed E-state index contributed by atoms with van der Waals surface area (Å²) in [4.78, 5) is 52.3. The third kappa shape index (κ3) is 7.51. The topological polar surface area (TPSA) is 108 Å². The fourth-order valence-corrected chi connectivity index (χ4v) is 4.44. The molecule has 2 fully saturated rings. The number of alkyl carbamates (subject to hydrolysis) is 1. The molecule has 3 rings (SSSR count). The first kappa shape index (κ1) is 25.6. The minimum atomic E-state index is -0.549. The van der Waals surface area contributed by atoms with Gasteiger partial charge in [-0.2, -0.15) is 0 Å². The lowest BCUT2D eigenvalue weighted by atomic mass is 10.1. The number of hydrogen-bond donors (Lipinski definition) is 2. The number of imide groups is 1. The molecule has 2 aliphatic rings. The molecule has 0 bridgehead atoms. The first-order valence-electron chi connectivity index (χ1n) is 11.5. The molecule has 0 spiro atoms. The number of rotatable bonds is 6. The number of nitrogens with zero attached hydrogens (tertiary/aromatic N) is 2. The molecule has 1 aromatic carbocycles. The smallest absolute Gasteiger partial charge is 0.407 e. The van der Waals surface area contributed by atoms with Crippen LogP contribution >= 0.6 is 11.8 Å². The molecule has 2 heterocycles. The summed E-state index contributed by atoms with van der Waals surface area (Å²) in [6, 6.07) is 7.75. The Hall–Kier alpha value is -3.01. The van der Waals surface area contributed by atoms with Crippen molar-refractivity contribution in [1.29, 1.82) is 0 Å². The molecule has 184 valence electrons. The van der Waals surface area contributed by atoms with Crippen molar-refractivity contribution >= 4 is 46.7 Å². The van der Waals surface area contributed by atoms with Gasteiger partial charge in [-0.3, -0.25) is 19.7 Å². The predicted octanol–water partition coefficient (Wildman–Crippen LogP) is 3.35. The van der Waals surface area contributed by atoms with Gasteiger partial charge < -0.3 is 19.9 Å². The Kier molecular flexibility index (Phi) is 8.60. The van der Waals surface area contributed by atoms with Gasteiger partial charge in [0.05, 0.1) is 4.91 Å². The molecule has 2 N–H and O–H groups in total. The molecule has 34 heavy (non-hydrogen) atoms. The van der Waals surface area contributed by atoms with E-state index in [-0.39, 0.29) is 17.1 Å². The minimum absolute atomic E-state index is 0.0702. The summed E-state index contributed by atoms with van der Waals surface area (Å²) in [5, 5.41) is 4.60. The zero-order valence-corrected chi connectivity index (χ0v) is 20.7. The van der Waals surface area contributed by atoms with E-state index in [2.05, 4.69) is 15.5 Å². The number of ether oxygens (including phenoxy) is 1. The van der Waals surface area contributed by atoms with E-state index in [1.165, 1.54) is 0 Å². The monoisotopic (exact) mass is 488 g/mol. The van der Waals surface area contributed by atoms with Crippen molar-refractivity contribution in [3.05, 3.63) is 34.7 Å². The Morgan fingerprint density at radius 1 is 1.15 bits per heavy atom. The maximum Gasteiger partial charge on any atom is 0.407 e. The standard InChI is InChI=1S/C24H32N4O5S/c1-24(2,3)33-22(31)25-11-6-10-20(29)28-13-7-12-27(14-15-28)18-9-5-4-8-17(18)16-19-21(30)26-23(32)34-19/h4-5,8-9,16H,6-7,10-15H2,1-3H3,(H,25,31)(H,26,30,32)/b19-16-.